The van der Waals surface area contributed by atoms with Crippen LogP contribution in [0.5, 0.6) is 0 Å². The molecular formula is C10H10N4O7. The smallest absolute Gasteiger partial charge is 0.303 e. The molecule has 0 radical (unpaired) electrons. The summed E-state index contributed by atoms with van der Waals surface area (Å²) in [6.45, 7) is 0. The molecule has 21 heavy (non-hydrogen) atoms. The number of carboxylic acid groups (broad SMARTS) is 1. The predicted octanol–water partition coefficient (Wildman–Crippen LogP) is 0.811. The number of nitrogens with one attached hydrogen (secondary N) is 2. The second-order valence-electron chi connectivity index (χ2n) is 3.78. The van der Waals surface area contributed by atoms with Crippen LogP contribution in [0.15, 0.2) is 18.2 Å². The van der Waals surface area contributed by atoms with Crippen LogP contribution in [0.4, 0.5) is 17.1 Å². The number of nitro benzene ring substituents is 2. The molecule has 1 aromatic rings. The number of carbonyl (C=O) groups is 2. The van der Waals surface area contributed by atoms with Crippen LogP contribution in [-0.4, -0.2) is 26.8 Å². The number of carbonyl (C=O) groups excluding carboxylic acids is 1. The van der Waals surface area contributed by atoms with E-state index in [0.29, 0.717) is 0 Å². The van der Waals surface area contributed by atoms with Crippen molar-refractivity contribution in [1.82, 2.24) is 5.43 Å². The van der Waals surface area contributed by atoms with Crippen LogP contribution in [0.2, 0.25) is 0 Å². The first-order chi connectivity index (χ1) is 9.81. The van der Waals surface area contributed by atoms with E-state index in [0.717, 1.165) is 18.2 Å². The highest BCUT2D eigenvalue weighted by Crippen LogP contribution is 2.28. The van der Waals surface area contributed by atoms with Crippen molar-refractivity contribution in [2.75, 3.05) is 5.43 Å². The largest absolute Gasteiger partial charge is 0.481 e. The molecule has 11 heteroatoms. The van der Waals surface area contributed by atoms with Crippen molar-refractivity contribution in [3.8, 4) is 0 Å². The lowest BCUT2D eigenvalue weighted by molar-refractivity contribution is -0.393. The molecule has 0 atom stereocenters. The summed E-state index contributed by atoms with van der Waals surface area (Å²) in [6, 6.07) is 2.83. The Hall–Kier alpha value is -3.24. The first-order valence-corrected chi connectivity index (χ1v) is 5.50. The second-order valence-corrected chi connectivity index (χ2v) is 3.78. The highest BCUT2D eigenvalue weighted by molar-refractivity contribution is 5.82. The molecule has 3 N–H and O–H groups in total. The summed E-state index contributed by atoms with van der Waals surface area (Å²) >= 11 is 0. The van der Waals surface area contributed by atoms with Gasteiger partial charge in [-0.05, 0) is 6.07 Å². The molecule has 0 unspecified atom stereocenters. The number of nitro groups is 2. The summed E-state index contributed by atoms with van der Waals surface area (Å²) in [5.74, 6) is -1.85. The van der Waals surface area contributed by atoms with Crippen LogP contribution in [0, 0.1) is 20.2 Å². The third kappa shape index (κ3) is 4.74. The normalized spacial score (nSPS) is 9.71. The molecule has 0 heterocycles. The molecule has 0 fully saturated rings. The third-order valence-corrected chi connectivity index (χ3v) is 2.29. The average Bonchev–Trinajstić information content (AvgIpc) is 2.42. The van der Waals surface area contributed by atoms with Crippen molar-refractivity contribution in [2.45, 2.75) is 12.8 Å². The first kappa shape index (κ1) is 15.8. The summed E-state index contributed by atoms with van der Waals surface area (Å²) in [5, 5.41) is 29.7. The van der Waals surface area contributed by atoms with Crippen LogP contribution < -0.4 is 10.9 Å². The number of hydrogen-bond acceptors (Lipinski definition) is 7. The molecule has 1 rings (SSSR count). The van der Waals surface area contributed by atoms with Crippen LogP contribution >= 0.6 is 0 Å². The molecule has 112 valence electrons. The highest BCUT2D eigenvalue weighted by atomic mass is 16.6. The molecule has 0 aliphatic rings. The fourth-order valence-corrected chi connectivity index (χ4v) is 1.31. The third-order valence-electron chi connectivity index (χ3n) is 2.29. The molecule has 0 saturated carbocycles. The number of nitrogens with zero attached hydrogens (tertiary/aromatic N) is 2. The van der Waals surface area contributed by atoms with Crippen LogP contribution in [0.1, 0.15) is 12.8 Å². The maximum atomic E-state index is 11.3. The molecule has 0 aliphatic carbocycles. The van der Waals surface area contributed by atoms with Crippen molar-refractivity contribution in [2.24, 2.45) is 0 Å². The molecular weight excluding hydrogens is 288 g/mol. The lowest BCUT2D eigenvalue weighted by Crippen LogP contribution is -2.29. The summed E-state index contributed by atoms with van der Waals surface area (Å²) in [7, 11) is 0. The van der Waals surface area contributed by atoms with E-state index in [1.54, 1.807) is 0 Å². The molecule has 11 nitrogen and oxygen atoms in total. The van der Waals surface area contributed by atoms with Crippen molar-refractivity contribution < 1.29 is 24.5 Å². The maximum absolute atomic E-state index is 11.3. The Bertz CT molecular complexity index is 601. The van der Waals surface area contributed by atoms with E-state index < -0.39 is 39.5 Å². The Kier molecular flexibility index (Phi) is 5.11. The van der Waals surface area contributed by atoms with Gasteiger partial charge in [-0.2, -0.15) is 0 Å². The molecule has 1 aromatic carbocycles. The minimum atomic E-state index is -1.16. The van der Waals surface area contributed by atoms with E-state index in [4.69, 9.17) is 5.11 Å². The average molecular weight is 298 g/mol. The predicted molar refractivity (Wildman–Crippen MR) is 68.4 cm³/mol. The summed E-state index contributed by atoms with van der Waals surface area (Å²) in [4.78, 5) is 41.2. The standard InChI is InChI=1S/C10H10N4O7/c15-9(3-4-10(16)17)12-11-7-2-1-6(13(18)19)5-8(7)14(20)21/h1-2,5,11H,3-4H2,(H,12,15)(H,16,17). The van der Waals surface area contributed by atoms with E-state index in [2.05, 4.69) is 10.9 Å². The molecule has 0 aliphatic heterocycles. The van der Waals surface area contributed by atoms with E-state index in [9.17, 15) is 29.8 Å². The fourth-order valence-electron chi connectivity index (χ4n) is 1.31. The van der Waals surface area contributed by atoms with Crippen LogP contribution in [0.25, 0.3) is 0 Å². The molecule has 0 aromatic heterocycles. The van der Waals surface area contributed by atoms with Gasteiger partial charge in [0, 0.05) is 12.5 Å². The number of amides is 1. The Morgan fingerprint density at radius 3 is 2.33 bits per heavy atom. The van der Waals surface area contributed by atoms with Gasteiger partial charge >= 0.3 is 11.7 Å². The van der Waals surface area contributed by atoms with E-state index in [-0.39, 0.29) is 12.1 Å². The second kappa shape index (κ2) is 6.79. The Balaban J connectivity index is 2.79. The number of non-ortho nitro benzene ring substituents is 1. The number of anilines is 1. The minimum Gasteiger partial charge on any atom is -0.481 e. The Morgan fingerprint density at radius 2 is 1.81 bits per heavy atom. The van der Waals surface area contributed by atoms with Gasteiger partial charge in [0.1, 0.15) is 5.69 Å². The van der Waals surface area contributed by atoms with Crippen molar-refractivity contribution >= 4 is 28.9 Å². The van der Waals surface area contributed by atoms with Gasteiger partial charge in [0.2, 0.25) is 5.91 Å². The summed E-state index contributed by atoms with van der Waals surface area (Å²) in [5.41, 5.74) is 3.08. The van der Waals surface area contributed by atoms with Gasteiger partial charge in [0.25, 0.3) is 5.69 Å². The SMILES string of the molecule is O=C(O)CCC(=O)NNc1ccc([N+](=O)[O-])cc1[N+](=O)[O-]. The van der Waals surface area contributed by atoms with Crippen molar-refractivity contribution in [1.29, 1.82) is 0 Å². The van der Waals surface area contributed by atoms with Gasteiger partial charge in [-0.3, -0.25) is 40.7 Å². The molecule has 0 bridgehead atoms. The van der Waals surface area contributed by atoms with Crippen LogP contribution in [-0.2, 0) is 9.59 Å². The van der Waals surface area contributed by atoms with Gasteiger partial charge < -0.3 is 5.11 Å². The first-order valence-electron chi connectivity index (χ1n) is 5.50. The lowest BCUT2D eigenvalue weighted by atomic mass is 10.2. The Morgan fingerprint density at radius 1 is 1.14 bits per heavy atom. The number of aliphatic carboxylic acids is 1. The van der Waals surface area contributed by atoms with Gasteiger partial charge in [0.15, 0.2) is 0 Å². The molecule has 1 amide bonds. The topological polar surface area (TPSA) is 165 Å². The number of hydrogen-bond donors (Lipinski definition) is 3. The van der Waals surface area contributed by atoms with Crippen molar-refractivity contribution in [3.63, 3.8) is 0 Å². The van der Waals surface area contributed by atoms with Gasteiger partial charge in [-0.15, -0.1) is 0 Å². The highest BCUT2D eigenvalue weighted by Gasteiger charge is 2.19. The zero-order valence-corrected chi connectivity index (χ0v) is 10.4. The van der Waals surface area contributed by atoms with Gasteiger partial charge in [-0.25, -0.2) is 0 Å². The van der Waals surface area contributed by atoms with E-state index in [1.165, 1.54) is 0 Å². The van der Waals surface area contributed by atoms with E-state index >= 15 is 0 Å². The molecule has 0 spiro atoms. The summed E-state index contributed by atoms with van der Waals surface area (Å²) in [6.07, 6.45) is -0.709. The summed E-state index contributed by atoms with van der Waals surface area (Å²) < 4.78 is 0. The number of hydrazine groups is 1. The fraction of sp³-hybridized carbons (Fsp3) is 0.200. The zero-order chi connectivity index (χ0) is 16.0. The monoisotopic (exact) mass is 298 g/mol. The Labute approximate surface area is 116 Å². The lowest BCUT2D eigenvalue weighted by Gasteiger charge is -2.08. The van der Waals surface area contributed by atoms with Crippen LogP contribution in [0.3, 0.4) is 0 Å². The quantitative estimate of drug-likeness (QED) is 0.491. The number of carboxylic acids is 1. The minimum absolute atomic E-state index is 0.158. The number of rotatable bonds is 7. The van der Waals surface area contributed by atoms with E-state index in [1.807, 2.05) is 0 Å². The maximum Gasteiger partial charge on any atom is 0.303 e. The number of benzene rings is 1. The van der Waals surface area contributed by atoms with Gasteiger partial charge in [0.05, 0.1) is 22.3 Å². The van der Waals surface area contributed by atoms with Gasteiger partial charge in [-0.1, -0.05) is 0 Å². The van der Waals surface area contributed by atoms with Crippen molar-refractivity contribution in [3.05, 3.63) is 38.4 Å². The molecule has 0 saturated heterocycles. The zero-order valence-electron chi connectivity index (χ0n) is 10.4.